The standard InChI is InChI=1S/C16H32O3/c1-12(19)13(6-10-17)16(4)9-5-8-15(2,3)14(16)7-11-18/h12-14,17-19H,5-11H2,1-4H3. The zero-order chi connectivity index (χ0) is 14.7. The second kappa shape index (κ2) is 6.55. The van der Waals surface area contributed by atoms with Gasteiger partial charge in [-0.25, -0.2) is 0 Å². The molecule has 0 saturated heterocycles. The summed E-state index contributed by atoms with van der Waals surface area (Å²) in [6.45, 7) is 8.98. The van der Waals surface area contributed by atoms with Gasteiger partial charge in [0.15, 0.2) is 0 Å². The molecule has 1 aliphatic carbocycles. The van der Waals surface area contributed by atoms with Gasteiger partial charge in [0.25, 0.3) is 0 Å². The predicted octanol–water partition coefficient (Wildman–Crippen LogP) is 2.58. The van der Waals surface area contributed by atoms with Crippen molar-refractivity contribution in [2.45, 2.75) is 65.9 Å². The Morgan fingerprint density at radius 1 is 1.11 bits per heavy atom. The van der Waals surface area contributed by atoms with Gasteiger partial charge in [0.05, 0.1) is 6.10 Å². The van der Waals surface area contributed by atoms with E-state index >= 15 is 0 Å². The molecule has 4 atom stereocenters. The second-order valence-electron chi connectivity index (χ2n) is 7.27. The summed E-state index contributed by atoms with van der Waals surface area (Å²) < 4.78 is 0. The number of hydrogen-bond acceptors (Lipinski definition) is 3. The van der Waals surface area contributed by atoms with Crippen molar-refractivity contribution in [2.75, 3.05) is 13.2 Å². The van der Waals surface area contributed by atoms with E-state index in [4.69, 9.17) is 0 Å². The Labute approximate surface area is 118 Å². The fraction of sp³-hybridized carbons (Fsp3) is 1.00. The van der Waals surface area contributed by atoms with Crippen molar-refractivity contribution in [2.24, 2.45) is 22.7 Å². The molecular weight excluding hydrogens is 240 g/mol. The van der Waals surface area contributed by atoms with Crippen LogP contribution in [-0.4, -0.2) is 34.6 Å². The van der Waals surface area contributed by atoms with Crippen molar-refractivity contribution >= 4 is 0 Å². The van der Waals surface area contributed by atoms with E-state index in [1.807, 2.05) is 6.92 Å². The largest absolute Gasteiger partial charge is 0.396 e. The summed E-state index contributed by atoms with van der Waals surface area (Å²) in [5.41, 5.74) is 0.194. The van der Waals surface area contributed by atoms with Crippen molar-refractivity contribution in [1.29, 1.82) is 0 Å². The molecule has 3 nitrogen and oxygen atoms in total. The monoisotopic (exact) mass is 272 g/mol. The van der Waals surface area contributed by atoms with E-state index in [1.54, 1.807) is 0 Å². The van der Waals surface area contributed by atoms with Gasteiger partial charge in [0.1, 0.15) is 0 Å². The van der Waals surface area contributed by atoms with Crippen LogP contribution in [0, 0.1) is 22.7 Å². The Bertz CT molecular complexity index is 275. The minimum atomic E-state index is -0.410. The minimum Gasteiger partial charge on any atom is -0.396 e. The zero-order valence-corrected chi connectivity index (χ0v) is 13.0. The maximum Gasteiger partial charge on any atom is 0.0546 e. The predicted molar refractivity (Wildman–Crippen MR) is 77.8 cm³/mol. The quantitative estimate of drug-likeness (QED) is 0.696. The molecule has 114 valence electrons. The summed E-state index contributed by atoms with van der Waals surface area (Å²) in [5.74, 6) is 0.499. The maximum absolute atomic E-state index is 10.1. The molecular formula is C16H32O3. The van der Waals surface area contributed by atoms with Crippen LogP contribution < -0.4 is 0 Å². The summed E-state index contributed by atoms with van der Waals surface area (Å²) in [6.07, 6.45) is 4.45. The smallest absolute Gasteiger partial charge is 0.0546 e. The maximum atomic E-state index is 10.1. The van der Waals surface area contributed by atoms with Gasteiger partial charge in [0.2, 0.25) is 0 Å². The lowest BCUT2D eigenvalue weighted by Crippen LogP contribution is -2.49. The van der Waals surface area contributed by atoms with Crippen LogP contribution in [0.5, 0.6) is 0 Å². The molecule has 0 heterocycles. The van der Waals surface area contributed by atoms with Crippen molar-refractivity contribution in [3.8, 4) is 0 Å². The molecule has 3 heteroatoms. The fourth-order valence-electron chi connectivity index (χ4n) is 4.72. The van der Waals surface area contributed by atoms with Crippen LogP contribution in [0.2, 0.25) is 0 Å². The van der Waals surface area contributed by atoms with E-state index in [9.17, 15) is 15.3 Å². The third kappa shape index (κ3) is 3.50. The summed E-state index contributed by atoms with van der Waals surface area (Å²) in [7, 11) is 0. The summed E-state index contributed by atoms with van der Waals surface area (Å²) in [4.78, 5) is 0. The van der Waals surface area contributed by atoms with Crippen LogP contribution in [0.3, 0.4) is 0 Å². The SMILES string of the molecule is CC(O)C(CCO)C1(C)CCCC(C)(C)C1CCO. The Balaban J connectivity index is 3.07. The molecule has 4 unspecified atom stereocenters. The van der Waals surface area contributed by atoms with Gasteiger partial charge in [-0.05, 0) is 55.3 Å². The van der Waals surface area contributed by atoms with E-state index in [2.05, 4.69) is 20.8 Å². The fourth-order valence-corrected chi connectivity index (χ4v) is 4.72. The molecule has 1 saturated carbocycles. The second-order valence-corrected chi connectivity index (χ2v) is 7.27. The molecule has 1 fully saturated rings. The van der Waals surface area contributed by atoms with Gasteiger partial charge in [0, 0.05) is 13.2 Å². The van der Waals surface area contributed by atoms with Crippen LogP contribution in [0.15, 0.2) is 0 Å². The first kappa shape index (κ1) is 16.9. The molecule has 3 N–H and O–H groups in total. The van der Waals surface area contributed by atoms with Gasteiger partial charge in [-0.3, -0.25) is 0 Å². The highest BCUT2D eigenvalue weighted by Crippen LogP contribution is 2.57. The highest BCUT2D eigenvalue weighted by molar-refractivity contribution is 4.99. The minimum absolute atomic E-state index is 0.00137. The van der Waals surface area contributed by atoms with E-state index in [1.165, 1.54) is 12.8 Å². The van der Waals surface area contributed by atoms with Crippen LogP contribution in [-0.2, 0) is 0 Å². The molecule has 0 bridgehead atoms. The average Bonchev–Trinajstić information content (AvgIpc) is 2.30. The molecule has 0 spiro atoms. The summed E-state index contributed by atoms with van der Waals surface area (Å²) in [5, 5.41) is 28.9. The molecule has 0 radical (unpaired) electrons. The Kier molecular flexibility index (Phi) is 5.84. The number of hydrogen-bond donors (Lipinski definition) is 3. The normalized spacial score (nSPS) is 33.9. The van der Waals surface area contributed by atoms with E-state index in [0.29, 0.717) is 12.3 Å². The lowest BCUT2D eigenvalue weighted by molar-refractivity contribution is -0.0924. The van der Waals surface area contributed by atoms with Gasteiger partial charge in [-0.2, -0.15) is 0 Å². The van der Waals surface area contributed by atoms with Gasteiger partial charge in [-0.1, -0.05) is 27.2 Å². The van der Waals surface area contributed by atoms with Crippen molar-refractivity contribution < 1.29 is 15.3 Å². The van der Waals surface area contributed by atoms with Crippen LogP contribution in [0.4, 0.5) is 0 Å². The number of aliphatic hydroxyl groups excluding tert-OH is 3. The molecule has 0 aliphatic heterocycles. The average molecular weight is 272 g/mol. The number of rotatable bonds is 6. The topological polar surface area (TPSA) is 60.7 Å². The molecule has 0 aromatic rings. The van der Waals surface area contributed by atoms with Crippen LogP contribution in [0.25, 0.3) is 0 Å². The van der Waals surface area contributed by atoms with E-state index < -0.39 is 6.10 Å². The molecule has 1 aliphatic rings. The summed E-state index contributed by atoms with van der Waals surface area (Å²) >= 11 is 0. The third-order valence-corrected chi connectivity index (χ3v) is 5.56. The van der Waals surface area contributed by atoms with Gasteiger partial charge in [-0.15, -0.1) is 0 Å². The lowest BCUT2D eigenvalue weighted by Gasteiger charge is -2.55. The zero-order valence-electron chi connectivity index (χ0n) is 13.0. The third-order valence-electron chi connectivity index (χ3n) is 5.56. The Morgan fingerprint density at radius 3 is 2.21 bits per heavy atom. The molecule has 19 heavy (non-hydrogen) atoms. The van der Waals surface area contributed by atoms with Crippen molar-refractivity contribution in [3.05, 3.63) is 0 Å². The van der Waals surface area contributed by atoms with Gasteiger partial charge < -0.3 is 15.3 Å². The lowest BCUT2D eigenvalue weighted by atomic mass is 9.50. The van der Waals surface area contributed by atoms with Crippen molar-refractivity contribution in [3.63, 3.8) is 0 Å². The first-order valence-corrected chi connectivity index (χ1v) is 7.69. The van der Waals surface area contributed by atoms with Gasteiger partial charge >= 0.3 is 0 Å². The van der Waals surface area contributed by atoms with Crippen LogP contribution in [0.1, 0.15) is 59.8 Å². The summed E-state index contributed by atoms with van der Waals surface area (Å²) in [6, 6.07) is 0. The van der Waals surface area contributed by atoms with E-state index in [0.717, 1.165) is 12.8 Å². The number of aliphatic hydroxyl groups is 3. The molecule has 0 amide bonds. The first-order valence-electron chi connectivity index (χ1n) is 7.69. The Morgan fingerprint density at radius 2 is 1.74 bits per heavy atom. The first-order chi connectivity index (χ1) is 8.79. The highest BCUT2D eigenvalue weighted by Gasteiger charge is 2.50. The molecule has 0 aromatic heterocycles. The van der Waals surface area contributed by atoms with Crippen LogP contribution >= 0.6 is 0 Å². The van der Waals surface area contributed by atoms with Crippen molar-refractivity contribution in [1.82, 2.24) is 0 Å². The molecule has 0 aromatic carbocycles. The highest BCUT2D eigenvalue weighted by atomic mass is 16.3. The molecule has 1 rings (SSSR count). The van der Waals surface area contributed by atoms with E-state index in [-0.39, 0.29) is 30.0 Å². The Hall–Kier alpha value is -0.120.